The van der Waals surface area contributed by atoms with Crippen LogP contribution >= 0.6 is 24.4 Å². The van der Waals surface area contributed by atoms with Crippen molar-refractivity contribution in [2.24, 2.45) is 5.73 Å². The molecule has 0 radical (unpaired) electrons. The van der Waals surface area contributed by atoms with Gasteiger partial charge in [-0.25, -0.2) is 4.79 Å². The molecule has 0 aliphatic heterocycles. The number of aliphatic carboxylic acids is 1. The van der Waals surface area contributed by atoms with Gasteiger partial charge >= 0.3 is 5.97 Å². The highest BCUT2D eigenvalue weighted by molar-refractivity contribution is 7.98. The fraction of sp³-hybridized carbons (Fsp3) is 0.438. The highest BCUT2D eigenvalue weighted by Gasteiger charge is 2.20. The lowest BCUT2D eigenvalue weighted by Crippen LogP contribution is -2.41. The lowest BCUT2D eigenvalue weighted by molar-refractivity contribution is -0.139. The summed E-state index contributed by atoms with van der Waals surface area (Å²) in [6, 6.07) is 4.98. The van der Waals surface area contributed by atoms with Crippen LogP contribution in [0.5, 0.6) is 0 Å². The molecular weight excluding hydrogens is 362 g/mol. The summed E-state index contributed by atoms with van der Waals surface area (Å²) in [7, 11) is 0. The first-order chi connectivity index (χ1) is 11.9. The van der Waals surface area contributed by atoms with E-state index in [0.29, 0.717) is 17.7 Å². The molecule has 0 aliphatic rings. The van der Waals surface area contributed by atoms with Crippen LogP contribution in [0.3, 0.4) is 0 Å². The third-order valence-electron chi connectivity index (χ3n) is 3.43. The molecule has 0 unspecified atom stereocenters. The Labute approximate surface area is 156 Å². The summed E-state index contributed by atoms with van der Waals surface area (Å²) < 4.78 is 0. The van der Waals surface area contributed by atoms with Gasteiger partial charge in [0.15, 0.2) is 0 Å². The van der Waals surface area contributed by atoms with E-state index in [1.54, 1.807) is 24.3 Å². The number of carboxylic acids is 1. The Bertz CT molecular complexity index is 596. The molecule has 0 bridgehead atoms. The number of hydrogen-bond donors (Lipinski definition) is 5. The van der Waals surface area contributed by atoms with E-state index in [0.717, 1.165) is 5.56 Å². The molecule has 0 aromatic heterocycles. The number of carboxylic acid groups (broad SMARTS) is 1. The quantitative estimate of drug-likeness (QED) is 0.374. The SMILES string of the molecule is CSCC[C@H](NC(=O)c1ccc(CNC(=O)[C@@H](N)CS)cc1)C(=O)O. The Morgan fingerprint density at radius 2 is 1.92 bits per heavy atom. The number of benzene rings is 1. The second-order valence-corrected chi connectivity index (χ2v) is 6.70. The molecule has 1 aromatic carbocycles. The predicted octanol–water partition coefficient (Wildman–Crippen LogP) is 0.496. The largest absolute Gasteiger partial charge is 0.480 e. The summed E-state index contributed by atoms with van der Waals surface area (Å²) in [6.07, 6.45) is 2.24. The van der Waals surface area contributed by atoms with Crippen molar-refractivity contribution in [1.82, 2.24) is 10.6 Å². The van der Waals surface area contributed by atoms with Crippen molar-refractivity contribution in [3.05, 3.63) is 35.4 Å². The van der Waals surface area contributed by atoms with Crippen LogP contribution in [0.15, 0.2) is 24.3 Å². The number of hydrogen-bond acceptors (Lipinski definition) is 6. The summed E-state index contributed by atoms with van der Waals surface area (Å²) in [5.74, 6) is -0.894. The van der Waals surface area contributed by atoms with Crippen molar-refractivity contribution in [3.63, 3.8) is 0 Å². The maximum Gasteiger partial charge on any atom is 0.326 e. The summed E-state index contributed by atoms with van der Waals surface area (Å²) in [5, 5.41) is 14.3. The van der Waals surface area contributed by atoms with Crippen molar-refractivity contribution in [1.29, 1.82) is 0 Å². The van der Waals surface area contributed by atoms with Crippen LogP contribution < -0.4 is 16.4 Å². The number of nitrogens with two attached hydrogens (primary N) is 1. The maximum absolute atomic E-state index is 12.2. The third-order valence-corrected chi connectivity index (χ3v) is 4.47. The van der Waals surface area contributed by atoms with E-state index in [2.05, 4.69) is 23.3 Å². The average molecular weight is 386 g/mol. The summed E-state index contributed by atoms with van der Waals surface area (Å²) >= 11 is 5.48. The molecule has 2 amide bonds. The minimum atomic E-state index is -1.05. The molecule has 2 atom stereocenters. The number of carbonyl (C=O) groups excluding carboxylic acids is 2. The van der Waals surface area contributed by atoms with E-state index >= 15 is 0 Å². The number of thioether (sulfide) groups is 1. The molecule has 1 rings (SSSR count). The van der Waals surface area contributed by atoms with Crippen molar-refractivity contribution in [2.75, 3.05) is 17.8 Å². The third kappa shape index (κ3) is 7.37. The summed E-state index contributed by atoms with van der Waals surface area (Å²) in [5.41, 5.74) is 6.72. The van der Waals surface area contributed by atoms with Gasteiger partial charge in [0.05, 0.1) is 6.04 Å². The first-order valence-corrected chi connectivity index (χ1v) is 9.67. The van der Waals surface area contributed by atoms with Gasteiger partial charge in [-0.05, 0) is 36.1 Å². The normalized spacial score (nSPS) is 12.9. The Hall–Kier alpha value is -1.71. The van der Waals surface area contributed by atoms with Gasteiger partial charge in [0.2, 0.25) is 5.91 Å². The molecule has 9 heteroatoms. The molecule has 7 nitrogen and oxygen atoms in total. The molecule has 0 saturated carbocycles. The number of carbonyl (C=O) groups is 3. The standard InChI is InChI=1S/C16H23N3O4S2/c1-25-7-6-13(16(22)23)19-14(20)11-4-2-10(3-5-11)8-18-15(21)12(17)9-24/h2-5,12-13,24H,6-9,17H2,1H3,(H,18,21)(H,19,20)(H,22,23)/t12-,13-/m0/s1. The molecule has 0 fully saturated rings. The fourth-order valence-electron chi connectivity index (χ4n) is 1.91. The van der Waals surface area contributed by atoms with Crippen LogP contribution in [0, 0.1) is 0 Å². The molecule has 0 aliphatic carbocycles. The average Bonchev–Trinajstić information content (AvgIpc) is 2.62. The summed E-state index contributed by atoms with van der Waals surface area (Å²) in [4.78, 5) is 34.9. The van der Waals surface area contributed by atoms with Gasteiger partial charge in [0, 0.05) is 17.9 Å². The first-order valence-electron chi connectivity index (χ1n) is 7.64. The number of thiol groups is 1. The highest BCUT2D eigenvalue weighted by atomic mass is 32.2. The molecule has 25 heavy (non-hydrogen) atoms. The minimum Gasteiger partial charge on any atom is -0.480 e. The molecular formula is C16H23N3O4S2. The first kappa shape index (κ1) is 21.3. The Kier molecular flexibility index (Phi) is 9.40. The van der Waals surface area contributed by atoms with Crippen LogP contribution in [0.25, 0.3) is 0 Å². The van der Waals surface area contributed by atoms with Crippen molar-refractivity contribution < 1.29 is 19.5 Å². The van der Waals surface area contributed by atoms with Crippen LogP contribution in [-0.2, 0) is 16.1 Å². The monoisotopic (exact) mass is 385 g/mol. The molecule has 1 aromatic rings. The van der Waals surface area contributed by atoms with E-state index in [9.17, 15) is 14.4 Å². The number of nitrogens with one attached hydrogen (secondary N) is 2. The highest BCUT2D eigenvalue weighted by Crippen LogP contribution is 2.07. The smallest absolute Gasteiger partial charge is 0.326 e. The second kappa shape index (κ2) is 11.0. The van der Waals surface area contributed by atoms with Crippen LogP contribution in [0.2, 0.25) is 0 Å². The maximum atomic E-state index is 12.2. The van der Waals surface area contributed by atoms with Gasteiger partial charge in [0.1, 0.15) is 6.04 Å². The predicted molar refractivity (Wildman–Crippen MR) is 102 cm³/mol. The van der Waals surface area contributed by atoms with E-state index in [1.807, 2.05) is 6.26 Å². The van der Waals surface area contributed by atoms with Crippen LogP contribution in [0.1, 0.15) is 22.3 Å². The molecule has 5 N–H and O–H groups in total. The van der Waals surface area contributed by atoms with E-state index in [-0.39, 0.29) is 18.2 Å². The van der Waals surface area contributed by atoms with Gasteiger partial charge in [-0.2, -0.15) is 24.4 Å². The topological polar surface area (TPSA) is 122 Å². The van der Waals surface area contributed by atoms with E-state index in [4.69, 9.17) is 10.8 Å². The summed E-state index contributed by atoms with van der Waals surface area (Å²) in [6.45, 7) is 0.285. The zero-order valence-electron chi connectivity index (χ0n) is 13.9. The Morgan fingerprint density at radius 3 is 2.44 bits per heavy atom. The molecule has 0 saturated heterocycles. The molecule has 0 heterocycles. The number of amides is 2. The van der Waals surface area contributed by atoms with Gasteiger partial charge in [-0.3, -0.25) is 9.59 Å². The van der Waals surface area contributed by atoms with E-state index in [1.165, 1.54) is 11.8 Å². The fourth-order valence-corrected chi connectivity index (χ4v) is 2.55. The molecule has 138 valence electrons. The van der Waals surface area contributed by atoms with Gasteiger partial charge < -0.3 is 21.5 Å². The van der Waals surface area contributed by atoms with Crippen molar-refractivity contribution in [2.45, 2.75) is 25.0 Å². The zero-order chi connectivity index (χ0) is 18.8. The Balaban J connectivity index is 2.61. The van der Waals surface area contributed by atoms with Crippen molar-refractivity contribution in [3.8, 4) is 0 Å². The van der Waals surface area contributed by atoms with Crippen LogP contribution in [0.4, 0.5) is 0 Å². The lowest BCUT2D eigenvalue weighted by atomic mass is 10.1. The van der Waals surface area contributed by atoms with Gasteiger partial charge in [-0.1, -0.05) is 12.1 Å². The second-order valence-electron chi connectivity index (χ2n) is 5.35. The zero-order valence-corrected chi connectivity index (χ0v) is 15.6. The van der Waals surface area contributed by atoms with Gasteiger partial charge in [0.25, 0.3) is 5.91 Å². The molecule has 0 spiro atoms. The Morgan fingerprint density at radius 1 is 1.28 bits per heavy atom. The van der Waals surface area contributed by atoms with Gasteiger partial charge in [-0.15, -0.1) is 0 Å². The van der Waals surface area contributed by atoms with Crippen LogP contribution in [-0.4, -0.2) is 52.7 Å². The van der Waals surface area contributed by atoms with Crippen molar-refractivity contribution >= 4 is 42.2 Å². The van der Waals surface area contributed by atoms with E-state index < -0.39 is 24.0 Å². The lowest BCUT2D eigenvalue weighted by Gasteiger charge is -2.14. The minimum absolute atomic E-state index is 0.256. The number of rotatable bonds is 10.